The lowest BCUT2D eigenvalue weighted by Gasteiger charge is -2.33. The van der Waals surface area contributed by atoms with Crippen molar-refractivity contribution in [3.8, 4) is 0 Å². The molecule has 0 bridgehead atoms. The zero-order valence-corrected chi connectivity index (χ0v) is 11.3. The van der Waals surface area contributed by atoms with E-state index in [1.165, 1.54) is 0 Å². The first-order valence-corrected chi connectivity index (χ1v) is 6.98. The summed E-state index contributed by atoms with van der Waals surface area (Å²) in [6.45, 7) is 2.45. The van der Waals surface area contributed by atoms with Crippen molar-refractivity contribution in [3.05, 3.63) is 28.5 Å². The molecule has 0 aliphatic carbocycles. The van der Waals surface area contributed by atoms with Crippen molar-refractivity contribution in [3.63, 3.8) is 0 Å². The highest BCUT2D eigenvalue weighted by molar-refractivity contribution is 7.10. The van der Waals surface area contributed by atoms with Gasteiger partial charge in [0.2, 0.25) is 5.91 Å². The van der Waals surface area contributed by atoms with E-state index in [0.29, 0.717) is 26.2 Å². The maximum absolute atomic E-state index is 11.9. The quantitative estimate of drug-likeness (QED) is 0.836. The molecule has 2 heterocycles. The lowest BCUT2D eigenvalue weighted by atomic mass is 10.3. The van der Waals surface area contributed by atoms with E-state index in [0.717, 1.165) is 4.88 Å². The van der Waals surface area contributed by atoms with Gasteiger partial charge >= 0.3 is 5.97 Å². The van der Waals surface area contributed by atoms with Gasteiger partial charge in [0.15, 0.2) is 0 Å². The summed E-state index contributed by atoms with van der Waals surface area (Å²) in [7, 11) is 0. The van der Waals surface area contributed by atoms with Crippen LogP contribution in [0, 0.1) is 0 Å². The smallest absolute Gasteiger partial charge is 0.317 e. The molecule has 0 unspecified atom stereocenters. The van der Waals surface area contributed by atoms with Crippen LogP contribution in [0.5, 0.6) is 0 Å². The molecule has 1 saturated heterocycles. The third-order valence-electron chi connectivity index (χ3n) is 2.98. The van der Waals surface area contributed by atoms with Gasteiger partial charge in [-0.3, -0.25) is 14.5 Å². The average Bonchev–Trinajstić information content (AvgIpc) is 2.89. The molecule has 1 amide bonds. The Balaban J connectivity index is 1.81. The number of carboxylic acid groups (broad SMARTS) is 1. The summed E-state index contributed by atoms with van der Waals surface area (Å²) in [5.74, 6) is -0.833. The fraction of sp³-hybridized carbons (Fsp3) is 0.385. The molecule has 1 aromatic rings. The molecule has 0 atom stereocenters. The van der Waals surface area contributed by atoms with Gasteiger partial charge in [0.1, 0.15) is 0 Å². The second kappa shape index (κ2) is 6.49. The van der Waals surface area contributed by atoms with Gasteiger partial charge in [-0.05, 0) is 17.5 Å². The molecule has 102 valence electrons. The third-order valence-corrected chi connectivity index (χ3v) is 3.81. The van der Waals surface area contributed by atoms with E-state index in [1.54, 1.807) is 22.3 Å². The van der Waals surface area contributed by atoms with Gasteiger partial charge < -0.3 is 10.0 Å². The normalized spacial score (nSPS) is 16.9. The largest absolute Gasteiger partial charge is 0.480 e. The monoisotopic (exact) mass is 280 g/mol. The SMILES string of the molecule is O=C(O)CN1CCN(C(=O)/C=C/c2cccs2)CC1. The van der Waals surface area contributed by atoms with Crippen molar-refractivity contribution < 1.29 is 14.7 Å². The molecule has 6 heteroatoms. The number of hydrogen-bond donors (Lipinski definition) is 1. The standard InChI is InChI=1S/C13H16N2O3S/c16-12(4-3-11-2-1-9-19-11)15-7-5-14(6-8-15)10-13(17)18/h1-4,9H,5-8,10H2,(H,17,18)/b4-3+. The van der Waals surface area contributed by atoms with Crippen molar-refractivity contribution in [2.75, 3.05) is 32.7 Å². The number of carboxylic acids is 1. The Morgan fingerprint density at radius 2 is 2.05 bits per heavy atom. The van der Waals surface area contributed by atoms with E-state index in [4.69, 9.17) is 5.11 Å². The summed E-state index contributed by atoms with van der Waals surface area (Å²) < 4.78 is 0. The molecule has 1 N–H and O–H groups in total. The maximum Gasteiger partial charge on any atom is 0.317 e. The highest BCUT2D eigenvalue weighted by Crippen LogP contribution is 2.11. The molecule has 0 radical (unpaired) electrons. The van der Waals surface area contributed by atoms with Crippen molar-refractivity contribution in [2.24, 2.45) is 0 Å². The fourth-order valence-corrected chi connectivity index (χ4v) is 2.58. The average molecular weight is 280 g/mol. The van der Waals surface area contributed by atoms with Crippen LogP contribution in [0.3, 0.4) is 0 Å². The van der Waals surface area contributed by atoms with Crippen LogP contribution in [0.2, 0.25) is 0 Å². The molecule has 0 saturated carbocycles. The predicted molar refractivity (Wildman–Crippen MR) is 74.0 cm³/mol. The minimum Gasteiger partial charge on any atom is -0.480 e. The van der Waals surface area contributed by atoms with Crippen molar-refractivity contribution in [1.29, 1.82) is 0 Å². The Kier molecular flexibility index (Phi) is 4.70. The zero-order chi connectivity index (χ0) is 13.7. The second-order valence-electron chi connectivity index (χ2n) is 4.34. The number of aliphatic carboxylic acids is 1. The molecule has 2 rings (SSSR count). The highest BCUT2D eigenvalue weighted by Gasteiger charge is 2.20. The van der Waals surface area contributed by atoms with Crippen LogP contribution in [0.15, 0.2) is 23.6 Å². The minimum absolute atomic E-state index is 0.0108. The number of carbonyl (C=O) groups is 2. The summed E-state index contributed by atoms with van der Waals surface area (Å²) in [6, 6.07) is 3.90. The highest BCUT2D eigenvalue weighted by atomic mass is 32.1. The van der Waals surface area contributed by atoms with Crippen LogP contribution in [0.4, 0.5) is 0 Å². The summed E-state index contributed by atoms with van der Waals surface area (Å²) in [5, 5.41) is 10.7. The van der Waals surface area contributed by atoms with Crippen LogP contribution in [-0.4, -0.2) is 59.5 Å². The Morgan fingerprint density at radius 3 is 2.63 bits per heavy atom. The van der Waals surface area contributed by atoms with Crippen LogP contribution in [-0.2, 0) is 9.59 Å². The number of nitrogens with zero attached hydrogens (tertiary/aromatic N) is 2. The van der Waals surface area contributed by atoms with Gasteiger partial charge in [-0.15, -0.1) is 11.3 Å². The number of piperazine rings is 1. The number of rotatable bonds is 4. The molecular weight excluding hydrogens is 264 g/mol. The van der Waals surface area contributed by atoms with E-state index >= 15 is 0 Å². The molecule has 0 aromatic carbocycles. The van der Waals surface area contributed by atoms with E-state index in [-0.39, 0.29) is 12.5 Å². The maximum atomic E-state index is 11.9. The van der Waals surface area contributed by atoms with Crippen LogP contribution in [0.25, 0.3) is 6.08 Å². The third kappa shape index (κ3) is 4.18. The summed E-state index contributed by atoms with van der Waals surface area (Å²) in [4.78, 5) is 27.2. The molecule has 1 aliphatic heterocycles. The van der Waals surface area contributed by atoms with E-state index in [1.807, 2.05) is 28.5 Å². The van der Waals surface area contributed by atoms with Crippen LogP contribution in [0.1, 0.15) is 4.88 Å². The number of hydrogen-bond acceptors (Lipinski definition) is 4. The van der Waals surface area contributed by atoms with Gasteiger partial charge in [0.05, 0.1) is 6.54 Å². The lowest BCUT2D eigenvalue weighted by molar-refractivity contribution is -0.139. The number of carbonyl (C=O) groups excluding carboxylic acids is 1. The van der Waals surface area contributed by atoms with Crippen LogP contribution >= 0.6 is 11.3 Å². The first-order valence-electron chi connectivity index (χ1n) is 6.10. The van der Waals surface area contributed by atoms with Crippen LogP contribution < -0.4 is 0 Å². The van der Waals surface area contributed by atoms with E-state index in [2.05, 4.69) is 0 Å². The van der Waals surface area contributed by atoms with Crippen molar-refractivity contribution >= 4 is 29.3 Å². The fourth-order valence-electron chi connectivity index (χ4n) is 1.96. The summed E-state index contributed by atoms with van der Waals surface area (Å²) in [5.41, 5.74) is 0. The Hall–Kier alpha value is -1.66. The molecule has 1 aliphatic rings. The minimum atomic E-state index is -0.822. The van der Waals surface area contributed by atoms with Gasteiger partial charge in [-0.2, -0.15) is 0 Å². The predicted octanol–water partition coefficient (Wildman–Crippen LogP) is 0.990. The number of amides is 1. The topological polar surface area (TPSA) is 60.9 Å². The Morgan fingerprint density at radius 1 is 1.32 bits per heavy atom. The second-order valence-corrected chi connectivity index (χ2v) is 5.32. The van der Waals surface area contributed by atoms with Gasteiger partial charge in [0, 0.05) is 37.1 Å². The number of thiophene rings is 1. The lowest BCUT2D eigenvalue weighted by Crippen LogP contribution is -2.49. The molecule has 1 fully saturated rings. The van der Waals surface area contributed by atoms with Gasteiger partial charge in [-0.25, -0.2) is 0 Å². The Labute approximate surface area is 115 Å². The zero-order valence-electron chi connectivity index (χ0n) is 10.5. The van der Waals surface area contributed by atoms with Crippen molar-refractivity contribution in [2.45, 2.75) is 0 Å². The first-order chi connectivity index (χ1) is 9.15. The molecule has 0 spiro atoms. The summed E-state index contributed by atoms with van der Waals surface area (Å²) >= 11 is 1.59. The van der Waals surface area contributed by atoms with E-state index in [9.17, 15) is 9.59 Å². The molecule has 19 heavy (non-hydrogen) atoms. The van der Waals surface area contributed by atoms with Crippen molar-refractivity contribution in [1.82, 2.24) is 9.80 Å². The molecule has 1 aromatic heterocycles. The van der Waals surface area contributed by atoms with Gasteiger partial charge in [0.25, 0.3) is 0 Å². The van der Waals surface area contributed by atoms with Gasteiger partial charge in [-0.1, -0.05) is 6.07 Å². The Bertz CT molecular complexity index is 462. The molecule has 5 nitrogen and oxygen atoms in total. The van der Waals surface area contributed by atoms with E-state index < -0.39 is 5.97 Å². The summed E-state index contributed by atoms with van der Waals surface area (Å²) in [6.07, 6.45) is 3.40. The molecular formula is C13H16N2O3S. The first kappa shape index (κ1) is 13.8.